The minimum absolute atomic E-state index is 0.139. The van der Waals surface area contributed by atoms with E-state index in [-0.39, 0.29) is 12.5 Å². The van der Waals surface area contributed by atoms with Crippen LogP contribution in [0.4, 0.5) is 0 Å². The molecule has 1 fully saturated rings. The molecule has 9 heteroatoms. The van der Waals surface area contributed by atoms with Crippen molar-refractivity contribution in [1.29, 1.82) is 0 Å². The Hall–Kier alpha value is -2.81. The van der Waals surface area contributed by atoms with E-state index in [9.17, 15) is 4.79 Å². The van der Waals surface area contributed by atoms with E-state index < -0.39 is 0 Å². The van der Waals surface area contributed by atoms with E-state index in [1.54, 1.807) is 19.2 Å². The van der Waals surface area contributed by atoms with Gasteiger partial charge in [0.05, 0.1) is 22.9 Å². The minimum Gasteiger partial charge on any atom is -0.493 e. The number of amides is 1. The van der Waals surface area contributed by atoms with Crippen LogP contribution in [0.25, 0.3) is 0 Å². The van der Waals surface area contributed by atoms with Gasteiger partial charge in [-0.2, -0.15) is 5.10 Å². The first-order valence-corrected chi connectivity index (χ1v) is 13.8. The topological polar surface area (TPSA) is 69.2 Å². The number of halogens is 1. The zero-order valence-corrected chi connectivity index (χ0v) is 22.4. The summed E-state index contributed by atoms with van der Waals surface area (Å²) in [6.45, 7) is 2.25. The molecule has 1 saturated heterocycles. The molecule has 0 aromatic heterocycles. The van der Waals surface area contributed by atoms with Crippen LogP contribution in [-0.4, -0.2) is 37.3 Å². The normalized spacial score (nSPS) is 13.6. The Morgan fingerprint density at radius 2 is 1.89 bits per heavy atom. The highest BCUT2D eigenvalue weighted by Crippen LogP contribution is 2.45. The molecule has 0 bridgehead atoms. The van der Waals surface area contributed by atoms with Crippen LogP contribution in [0.3, 0.4) is 0 Å². The van der Waals surface area contributed by atoms with Crippen LogP contribution in [-0.2, 0) is 11.4 Å². The number of carbonyl (C=O) groups excluding carboxylic acids is 1. The number of hydrogen-bond donors (Lipinski definition) is 1. The van der Waals surface area contributed by atoms with E-state index in [0.29, 0.717) is 39.0 Å². The zero-order chi connectivity index (χ0) is 25.3. The summed E-state index contributed by atoms with van der Waals surface area (Å²) >= 11 is 10.3. The number of carbonyl (C=O) groups is 1. The lowest BCUT2D eigenvalue weighted by Gasteiger charge is -2.13. The number of hydrazone groups is 1. The van der Waals surface area contributed by atoms with Gasteiger partial charge in [0.2, 0.25) is 0 Å². The fourth-order valence-corrected chi connectivity index (χ4v) is 6.68. The number of aryl methyl sites for hydroxylation is 1. The lowest BCUT2D eigenvalue weighted by molar-refractivity contribution is -0.123. The fraction of sp³-hybridized carbons (Fsp3) is 0.259. The molecule has 0 saturated carbocycles. The molecule has 1 N–H and O–H groups in total. The predicted molar refractivity (Wildman–Crippen MR) is 149 cm³/mol. The van der Waals surface area contributed by atoms with Gasteiger partial charge in [0.1, 0.15) is 12.4 Å². The van der Waals surface area contributed by atoms with Crippen LogP contribution in [0.15, 0.2) is 65.8 Å². The highest BCUT2D eigenvalue weighted by molar-refractivity contribution is 8.19. The second-order valence-corrected chi connectivity index (χ2v) is 11.2. The van der Waals surface area contributed by atoms with E-state index in [1.807, 2.05) is 72.9 Å². The number of benzene rings is 3. The molecule has 1 aliphatic heterocycles. The van der Waals surface area contributed by atoms with Crippen molar-refractivity contribution < 1.29 is 19.0 Å². The summed E-state index contributed by atoms with van der Waals surface area (Å²) in [5, 5.41) is 4.39. The van der Waals surface area contributed by atoms with Gasteiger partial charge in [-0.1, -0.05) is 53.6 Å². The lowest BCUT2D eigenvalue weighted by Crippen LogP contribution is -2.24. The van der Waals surface area contributed by atoms with Gasteiger partial charge in [-0.15, -0.1) is 23.5 Å². The maximum absolute atomic E-state index is 12.1. The van der Waals surface area contributed by atoms with E-state index in [2.05, 4.69) is 16.6 Å². The SMILES string of the molecule is COc1cc(/C=N\NC(=O)COc2ccc(C3SCCS3)cc2)cc(Cl)c1OCc1cccc(C)c1. The average molecular weight is 543 g/mol. The number of nitrogens with zero attached hydrogens (tertiary/aromatic N) is 1. The molecule has 6 nitrogen and oxygen atoms in total. The van der Waals surface area contributed by atoms with Crippen LogP contribution in [0.1, 0.15) is 26.8 Å². The summed E-state index contributed by atoms with van der Waals surface area (Å²) in [5.74, 6) is 3.56. The van der Waals surface area contributed by atoms with Crippen LogP contribution in [0.2, 0.25) is 5.02 Å². The van der Waals surface area contributed by atoms with E-state index in [0.717, 1.165) is 11.1 Å². The van der Waals surface area contributed by atoms with Gasteiger partial charge < -0.3 is 14.2 Å². The van der Waals surface area contributed by atoms with Crippen molar-refractivity contribution >= 4 is 47.2 Å². The molecular weight excluding hydrogens is 516 g/mol. The number of ether oxygens (including phenoxy) is 3. The van der Waals surface area contributed by atoms with E-state index in [4.69, 9.17) is 25.8 Å². The number of rotatable bonds is 10. The summed E-state index contributed by atoms with van der Waals surface area (Å²) in [6.07, 6.45) is 1.49. The van der Waals surface area contributed by atoms with Crippen LogP contribution < -0.4 is 19.6 Å². The Balaban J connectivity index is 1.28. The third-order valence-corrected chi connectivity index (χ3v) is 8.65. The molecule has 3 aromatic rings. The molecule has 188 valence electrons. The van der Waals surface area contributed by atoms with Gasteiger partial charge in [-0.3, -0.25) is 4.79 Å². The Bertz CT molecular complexity index is 1210. The lowest BCUT2D eigenvalue weighted by atomic mass is 10.1. The van der Waals surface area contributed by atoms with Crippen molar-refractivity contribution in [1.82, 2.24) is 5.43 Å². The first-order chi connectivity index (χ1) is 17.5. The molecule has 1 amide bonds. The Kier molecular flexibility index (Phi) is 9.44. The Morgan fingerprint density at radius 3 is 2.61 bits per heavy atom. The van der Waals surface area contributed by atoms with Crippen molar-refractivity contribution in [3.63, 3.8) is 0 Å². The van der Waals surface area contributed by atoms with E-state index in [1.165, 1.54) is 23.3 Å². The highest BCUT2D eigenvalue weighted by Gasteiger charge is 2.18. The summed E-state index contributed by atoms with van der Waals surface area (Å²) in [4.78, 5) is 12.1. The smallest absolute Gasteiger partial charge is 0.277 e. The molecule has 0 spiro atoms. The Morgan fingerprint density at radius 1 is 1.11 bits per heavy atom. The van der Waals surface area contributed by atoms with Gasteiger partial charge >= 0.3 is 0 Å². The molecule has 1 aliphatic rings. The van der Waals surface area contributed by atoms with Gasteiger partial charge in [0, 0.05) is 11.5 Å². The molecule has 4 rings (SSSR count). The third kappa shape index (κ3) is 7.35. The number of nitrogens with one attached hydrogen (secondary N) is 1. The van der Waals surface area contributed by atoms with Crippen molar-refractivity contribution in [2.24, 2.45) is 5.10 Å². The molecule has 0 radical (unpaired) electrons. The van der Waals surface area contributed by atoms with Crippen LogP contribution in [0.5, 0.6) is 17.2 Å². The second kappa shape index (κ2) is 12.9. The molecule has 0 aliphatic carbocycles. The summed E-state index contributed by atoms with van der Waals surface area (Å²) in [7, 11) is 1.54. The number of hydrogen-bond acceptors (Lipinski definition) is 7. The first-order valence-electron chi connectivity index (χ1n) is 11.4. The second-order valence-electron chi connectivity index (χ2n) is 8.04. The first kappa shape index (κ1) is 26.3. The largest absolute Gasteiger partial charge is 0.493 e. The van der Waals surface area contributed by atoms with Crippen LogP contribution >= 0.6 is 35.1 Å². The van der Waals surface area contributed by atoms with Crippen molar-refractivity contribution in [2.75, 3.05) is 25.2 Å². The number of methoxy groups -OCH3 is 1. The number of thioether (sulfide) groups is 2. The minimum atomic E-state index is -0.367. The average Bonchev–Trinajstić information content (AvgIpc) is 3.42. The van der Waals surface area contributed by atoms with Gasteiger partial charge in [-0.25, -0.2) is 5.43 Å². The van der Waals surface area contributed by atoms with Gasteiger partial charge in [-0.05, 0) is 47.9 Å². The predicted octanol–water partition coefficient (Wildman–Crippen LogP) is 6.24. The summed E-state index contributed by atoms with van der Waals surface area (Å²) < 4.78 is 17.4. The zero-order valence-electron chi connectivity index (χ0n) is 20.0. The van der Waals surface area contributed by atoms with Gasteiger partial charge in [0.25, 0.3) is 5.91 Å². The quantitative estimate of drug-likeness (QED) is 0.241. The molecule has 0 atom stereocenters. The molecular formula is C27H27ClN2O4S2. The Labute approximate surface area is 224 Å². The maximum atomic E-state index is 12.1. The third-order valence-electron chi connectivity index (χ3n) is 5.26. The molecule has 3 aromatic carbocycles. The maximum Gasteiger partial charge on any atom is 0.277 e. The molecule has 1 heterocycles. The molecule has 0 unspecified atom stereocenters. The summed E-state index contributed by atoms with van der Waals surface area (Å²) in [6, 6.07) is 19.4. The van der Waals surface area contributed by atoms with Gasteiger partial charge in [0.15, 0.2) is 18.1 Å². The van der Waals surface area contributed by atoms with E-state index >= 15 is 0 Å². The van der Waals surface area contributed by atoms with Crippen molar-refractivity contribution in [2.45, 2.75) is 18.1 Å². The van der Waals surface area contributed by atoms with Crippen molar-refractivity contribution in [3.05, 3.63) is 87.9 Å². The van der Waals surface area contributed by atoms with Crippen molar-refractivity contribution in [3.8, 4) is 17.2 Å². The fourth-order valence-electron chi connectivity index (χ4n) is 3.54. The van der Waals surface area contributed by atoms with Crippen LogP contribution in [0, 0.1) is 6.92 Å². The molecule has 36 heavy (non-hydrogen) atoms. The summed E-state index contributed by atoms with van der Waals surface area (Å²) in [5.41, 5.74) is 6.57. The standard InChI is InChI=1S/C27H27ClN2O4S2/c1-18-4-3-5-19(12-18)16-34-26-23(28)13-20(14-24(26)32-2)15-29-30-25(31)17-33-22-8-6-21(7-9-22)27-35-10-11-36-27/h3-9,12-15,27H,10-11,16-17H2,1-2H3,(H,30,31)/b29-15-. The highest BCUT2D eigenvalue weighted by atomic mass is 35.5. The monoisotopic (exact) mass is 542 g/mol.